The van der Waals surface area contributed by atoms with Gasteiger partial charge in [-0.3, -0.25) is 4.79 Å². The summed E-state index contributed by atoms with van der Waals surface area (Å²) in [6.45, 7) is 2.89. The molecule has 0 atom stereocenters. The first-order chi connectivity index (χ1) is 12.6. The van der Waals surface area contributed by atoms with Gasteiger partial charge in [-0.1, -0.05) is 0 Å². The van der Waals surface area contributed by atoms with Gasteiger partial charge in [0.25, 0.3) is 5.56 Å². The highest BCUT2D eigenvalue weighted by molar-refractivity contribution is 5.95. The molecule has 1 saturated carbocycles. The van der Waals surface area contributed by atoms with Gasteiger partial charge in [0.2, 0.25) is 0 Å². The molecular weight excluding hydrogens is 330 g/mol. The molecule has 2 N–H and O–H groups in total. The molecule has 0 radical (unpaired) electrons. The number of anilines is 2. The van der Waals surface area contributed by atoms with E-state index in [1.54, 1.807) is 6.20 Å². The molecule has 2 aromatic rings. The smallest absolute Gasteiger partial charge is 0.268 e. The third-order valence-electron chi connectivity index (χ3n) is 6.25. The summed E-state index contributed by atoms with van der Waals surface area (Å²) < 4.78 is 0. The number of hydrogen-bond acceptors (Lipinski definition) is 6. The number of pyridine rings is 2. The fourth-order valence-electron chi connectivity index (χ4n) is 4.30. The van der Waals surface area contributed by atoms with Crippen LogP contribution in [0.5, 0.6) is 0 Å². The van der Waals surface area contributed by atoms with Crippen LogP contribution in [0.1, 0.15) is 31.2 Å². The molecule has 4 heterocycles. The molecule has 134 valence electrons. The summed E-state index contributed by atoms with van der Waals surface area (Å²) in [6.07, 6.45) is 6.23. The minimum atomic E-state index is -0.351. The third kappa shape index (κ3) is 2.36. The molecule has 7 nitrogen and oxygen atoms in total. The van der Waals surface area contributed by atoms with Gasteiger partial charge >= 0.3 is 0 Å². The maximum Gasteiger partial charge on any atom is 0.268 e. The Bertz CT molecular complexity index is 972. The number of H-pyrrole nitrogens is 1. The SMILES string of the molecule is N#Cc1c(N2CCC3(CC2)CC3)c2cc(N3CC(O)C3)ncc2[nH]c1=O. The zero-order valence-corrected chi connectivity index (χ0v) is 14.5. The second kappa shape index (κ2) is 5.45. The van der Waals surface area contributed by atoms with Gasteiger partial charge in [0.15, 0.2) is 0 Å². The van der Waals surface area contributed by atoms with Crippen LogP contribution in [0.25, 0.3) is 10.9 Å². The first-order valence-electron chi connectivity index (χ1n) is 9.23. The van der Waals surface area contributed by atoms with Crippen LogP contribution in [0.3, 0.4) is 0 Å². The molecule has 5 rings (SSSR count). The number of rotatable bonds is 2. The zero-order chi connectivity index (χ0) is 17.9. The fourth-order valence-corrected chi connectivity index (χ4v) is 4.30. The molecule has 0 aromatic carbocycles. The Labute approximate surface area is 150 Å². The lowest BCUT2D eigenvalue weighted by Gasteiger charge is -2.37. The minimum absolute atomic E-state index is 0.185. The Balaban J connectivity index is 1.62. The van der Waals surface area contributed by atoms with Crippen LogP contribution < -0.4 is 15.4 Å². The zero-order valence-electron chi connectivity index (χ0n) is 14.5. The molecule has 7 heteroatoms. The summed E-state index contributed by atoms with van der Waals surface area (Å²) in [7, 11) is 0. The summed E-state index contributed by atoms with van der Waals surface area (Å²) in [5, 5.41) is 20.0. The third-order valence-corrected chi connectivity index (χ3v) is 6.25. The Kier molecular flexibility index (Phi) is 3.28. The van der Waals surface area contributed by atoms with Crippen molar-refractivity contribution in [3.05, 3.63) is 28.2 Å². The van der Waals surface area contributed by atoms with E-state index >= 15 is 0 Å². The topological polar surface area (TPSA) is 96.2 Å². The lowest BCUT2D eigenvalue weighted by Crippen LogP contribution is -2.51. The number of nitrogens with one attached hydrogen (secondary N) is 1. The average molecular weight is 351 g/mol. The number of β-amino-alcohol motifs (C(OH)–C–C–N with tert-alkyl or cyclic N) is 1. The molecular formula is C19H21N5O2. The number of nitrogens with zero attached hydrogens (tertiary/aromatic N) is 4. The first kappa shape index (κ1) is 15.6. The van der Waals surface area contributed by atoms with Crippen molar-refractivity contribution in [2.45, 2.75) is 31.8 Å². The lowest BCUT2D eigenvalue weighted by atomic mass is 9.92. The average Bonchev–Trinajstić information content (AvgIpc) is 3.37. The maximum atomic E-state index is 12.4. The quantitative estimate of drug-likeness (QED) is 0.848. The van der Waals surface area contributed by atoms with Gasteiger partial charge in [0.05, 0.1) is 23.5 Å². The van der Waals surface area contributed by atoms with Crippen molar-refractivity contribution in [1.82, 2.24) is 9.97 Å². The van der Waals surface area contributed by atoms with Crippen molar-refractivity contribution in [3.63, 3.8) is 0 Å². The molecule has 2 aliphatic heterocycles. The highest BCUT2D eigenvalue weighted by Gasteiger charge is 2.44. The minimum Gasteiger partial charge on any atom is -0.389 e. The molecule has 0 amide bonds. The van der Waals surface area contributed by atoms with Gasteiger partial charge in [-0.2, -0.15) is 5.26 Å². The van der Waals surface area contributed by atoms with Crippen LogP contribution in [-0.4, -0.2) is 47.4 Å². The lowest BCUT2D eigenvalue weighted by molar-refractivity contribution is 0.141. The van der Waals surface area contributed by atoms with E-state index in [4.69, 9.17) is 0 Å². The highest BCUT2D eigenvalue weighted by Crippen LogP contribution is 2.54. The Hall–Kier alpha value is -2.59. The van der Waals surface area contributed by atoms with E-state index in [-0.39, 0.29) is 17.2 Å². The van der Waals surface area contributed by atoms with E-state index in [1.165, 1.54) is 12.8 Å². The van der Waals surface area contributed by atoms with Gasteiger partial charge in [0, 0.05) is 31.6 Å². The van der Waals surface area contributed by atoms with Crippen molar-refractivity contribution < 1.29 is 5.11 Å². The first-order valence-corrected chi connectivity index (χ1v) is 9.23. The van der Waals surface area contributed by atoms with E-state index in [9.17, 15) is 15.2 Å². The predicted molar refractivity (Wildman–Crippen MR) is 98.4 cm³/mol. The van der Waals surface area contributed by atoms with Crippen LogP contribution in [0.15, 0.2) is 17.1 Å². The van der Waals surface area contributed by atoms with Gasteiger partial charge in [-0.05, 0) is 37.2 Å². The summed E-state index contributed by atoms with van der Waals surface area (Å²) in [4.78, 5) is 23.8. The summed E-state index contributed by atoms with van der Waals surface area (Å²) >= 11 is 0. The second-order valence-corrected chi connectivity index (χ2v) is 7.92. The number of aliphatic hydroxyl groups excluding tert-OH is 1. The molecule has 2 saturated heterocycles. The fraction of sp³-hybridized carbons (Fsp3) is 0.526. The second-order valence-electron chi connectivity index (χ2n) is 7.92. The standard InChI is InChI=1S/C19H21N5O2/c20-8-14-17(23-5-3-19(1-2-19)4-6-23)13-7-16(24-10-12(25)11-24)21-9-15(13)22-18(14)26/h7,9,12,25H,1-6,10-11H2,(H,22,26). The van der Waals surface area contributed by atoms with Crippen molar-refractivity contribution in [3.8, 4) is 6.07 Å². The van der Waals surface area contributed by atoms with E-state index in [1.807, 2.05) is 11.0 Å². The van der Waals surface area contributed by atoms with E-state index in [2.05, 4.69) is 20.9 Å². The number of aromatic nitrogens is 2. The largest absolute Gasteiger partial charge is 0.389 e. The van der Waals surface area contributed by atoms with E-state index < -0.39 is 0 Å². The van der Waals surface area contributed by atoms with Crippen LogP contribution in [-0.2, 0) is 0 Å². The Morgan fingerprint density at radius 2 is 1.96 bits per heavy atom. The molecule has 1 spiro atoms. The number of fused-ring (bicyclic) bond motifs is 1. The van der Waals surface area contributed by atoms with Gasteiger partial charge in [-0.15, -0.1) is 0 Å². The molecule has 0 unspecified atom stereocenters. The molecule has 3 aliphatic rings. The van der Waals surface area contributed by atoms with Gasteiger partial charge in [-0.25, -0.2) is 4.98 Å². The Morgan fingerprint density at radius 1 is 1.23 bits per heavy atom. The van der Waals surface area contributed by atoms with Crippen LogP contribution in [0, 0.1) is 16.7 Å². The van der Waals surface area contributed by atoms with Crippen molar-refractivity contribution >= 4 is 22.4 Å². The van der Waals surface area contributed by atoms with Crippen molar-refractivity contribution in [2.75, 3.05) is 36.0 Å². The van der Waals surface area contributed by atoms with Gasteiger partial charge in [0.1, 0.15) is 17.5 Å². The summed E-state index contributed by atoms with van der Waals surface area (Å²) in [6, 6.07) is 4.05. The molecule has 3 fully saturated rings. The van der Waals surface area contributed by atoms with Gasteiger partial charge < -0.3 is 19.9 Å². The Morgan fingerprint density at radius 3 is 2.58 bits per heavy atom. The molecule has 1 aliphatic carbocycles. The highest BCUT2D eigenvalue weighted by atomic mass is 16.3. The van der Waals surface area contributed by atoms with Crippen molar-refractivity contribution in [1.29, 1.82) is 5.26 Å². The number of nitriles is 1. The number of aromatic amines is 1. The molecule has 0 bridgehead atoms. The summed E-state index contributed by atoms with van der Waals surface area (Å²) in [5.41, 5.74) is 1.76. The van der Waals surface area contributed by atoms with Crippen LogP contribution >= 0.6 is 0 Å². The number of hydrogen-bond donors (Lipinski definition) is 2. The van der Waals surface area contributed by atoms with Crippen LogP contribution in [0.2, 0.25) is 0 Å². The molecule has 26 heavy (non-hydrogen) atoms. The normalized spacial score (nSPS) is 21.7. The van der Waals surface area contributed by atoms with E-state index in [0.717, 1.165) is 42.8 Å². The van der Waals surface area contributed by atoms with E-state index in [0.29, 0.717) is 24.0 Å². The maximum absolute atomic E-state index is 12.4. The monoisotopic (exact) mass is 351 g/mol. The molecule has 2 aromatic heterocycles. The van der Waals surface area contributed by atoms with Crippen molar-refractivity contribution in [2.24, 2.45) is 5.41 Å². The predicted octanol–water partition coefficient (Wildman–Crippen LogP) is 1.36. The number of piperidine rings is 1. The van der Waals surface area contributed by atoms with Crippen LogP contribution in [0.4, 0.5) is 11.5 Å². The number of aliphatic hydroxyl groups is 1. The summed E-state index contributed by atoms with van der Waals surface area (Å²) in [5.74, 6) is 0.774.